The van der Waals surface area contributed by atoms with Gasteiger partial charge in [0.2, 0.25) is 0 Å². The highest BCUT2D eigenvalue weighted by Gasteiger charge is 2.09. The molecular weight excluding hydrogens is 266 g/mol. The van der Waals surface area contributed by atoms with Crippen molar-refractivity contribution in [3.63, 3.8) is 0 Å². The molecule has 21 heavy (non-hydrogen) atoms. The van der Waals surface area contributed by atoms with E-state index in [1.54, 1.807) is 0 Å². The zero-order valence-corrected chi connectivity index (χ0v) is 12.3. The van der Waals surface area contributed by atoms with Gasteiger partial charge in [-0.25, -0.2) is 4.68 Å². The van der Waals surface area contributed by atoms with E-state index >= 15 is 0 Å². The summed E-state index contributed by atoms with van der Waals surface area (Å²) in [5.74, 6) is 0.776. The summed E-state index contributed by atoms with van der Waals surface area (Å²) >= 11 is 0. The lowest BCUT2D eigenvalue weighted by Crippen LogP contribution is -2.24. The third-order valence-electron chi connectivity index (χ3n) is 2.92. The van der Waals surface area contributed by atoms with Crippen LogP contribution in [0.25, 0.3) is 11.3 Å². The summed E-state index contributed by atoms with van der Waals surface area (Å²) in [6.45, 7) is 6.17. The molecule has 5 nitrogen and oxygen atoms in total. The molecule has 0 amide bonds. The molecule has 0 aliphatic heterocycles. The predicted molar refractivity (Wildman–Crippen MR) is 80.1 cm³/mol. The molecule has 1 aromatic carbocycles. The Morgan fingerprint density at radius 3 is 2.52 bits per heavy atom. The molecule has 2 rings (SSSR count). The van der Waals surface area contributed by atoms with E-state index in [4.69, 9.17) is 10.00 Å². The normalized spacial score (nSPS) is 10.4. The highest BCUT2D eigenvalue weighted by molar-refractivity contribution is 5.61. The lowest BCUT2D eigenvalue weighted by molar-refractivity contribution is 0.242. The number of hydrogen-bond donors (Lipinski definition) is 0. The molecule has 0 saturated carbocycles. The first-order valence-electron chi connectivity index (χ1n) is 6.84. The molecule has 0 bridgehead atoms. The average Bonchev–Trinajstić information content (AvgIpc) is 2.48. The smallest absolute Gasteiger partial charge is 0.284 e. The maximum Gasteiger partial charge on any atom is 0.284 e. The fraction of sp³-hybridized carbons (Fsp3) is 0.312. The molecular formula is C16H17N3O2. The third-order valence-corrected chi connectivity index (χ3v) is 2.92. The van der Waals surface area contributed by atoms with Gasteiger partial charge >= 0.3 is 0 Å². The zero-order valence-electron chi connectivity index (χ0n) is 12.3. The van der Waals surface area contributed by atoms with Crippen LogP contribution in [-0.4, -0.2) is 15.9 Å². The molecule has 0 unspecified atom stereocenters. The lowest BCUT2D eigenvalue weighted by atomic mass is 10.1. The van der Waals surface area contributed by atoms with E-state index in [2.05, 4.69) is 5.10 Å². The van der Waals surface area contributed by atoms with Crippen molar-refractivity contribution in [1.29, 1.82) is 5.26 Å². The molecule has 1 heterocycles. The van der Waals surface area contributed by atoms with Gasteiger partial charge in [-0.2, -0.15) is 10.4 Å². The summed E-state index contributed by atoms with van der Waals surface area (Å²) in [4.78, 5) is 11.8. The molecule has 5 heteroatoms. The van der Waals surface area contributed by atoms with Crippen molar-refractivity contribution in [1.82, 2.24) is 9.78 Å². The molecule has 1 aromatic heterocycles. The maximum absolute atomic E-state index is 11.8. The van der Waals surface area contributed by atoms with Gasteiger partial charge < -0.3 is 4.74 Å². The van der Waals surface area contributed by atoms with E-state index < -0.39 is 0 Å². The minimum atomic E-state index is -0.358. The van der Waals surface area contributed by atoms with Crippen LogP contribution in [0, 0.1) is 11.3 Å². The average molecular weight is 283 g/mol. The SMILES string of the molecule is CCn1nc(-c2ccc(OC(C)C)cc2)cc(C#N)c1=O. The third kappa shape index (κ3) is 3.29. The maximum atomic E-state index is 11.8. The summed E-state index contributed by atoms with van der Waals surface area (Å²) in [6, 6.07) is 10.9. The Hall–Kier alpha value is -2.61. The molecule has 0 fully saturated rings. The van der Waals surface area contributed by atoms with Gasteiger partial charge in [-0.15, -0.1) is 0 Å². The Balaban J connectivity index is 2.42. The second-order valence-electron chi connectivity index (χ2n) is 4.87. The van der Waals surface area contributed by atoms with Crippen molar-refractivity contribution in [3.8, 4) is 23.1 Å². The van der Waals surface area contributed by atoms with Crippen LogP contribution in [-0.2, 0) is 6.54 Å². The highest BCUT2D eigenvalue weighted by atomic mass is 16.5. The second-order valence-corrected chi connectivity index (χ2v) is 4.87. The predicted octanol–water partition coefficient (Wildman–Crippen LogP) is 2.59. The summed E-state index contributed by atoms with van der Waals surface area (Å²) in [5.41, 5.74) is 1.18. The molecule has 0 aliphatic rings. The van der Waals surface area contributed by atoms with Crippen LogP contribution < -0.4 is 10.3 Å². The van der Waals surface area contributed by atoms with Crippen molar-refractivity contribution in [2.75, 3.05) is 0 Å². The van der Waals surface area contributed by atoms with E-state index in [0.29, 0.717) is 12.2 Å². The first-order chi connectivity index (χ1) is 10.0. The Bertz CT molecular complexity index is 725. The van der Waals surface area contributed by atoms with E-state index in [1.807, 2.05) is 51.1 Å². The van der Waals surface area contributed by atoms with Gasteiger partial charge in [0.15, 0.2) is 0 Å². The van der Waals surface area contributed by atoms with Gasteiger partial charge in [0.05, 0.1) is 11.8 Å². The lowest BCUT2D eigenvalue weighted by Gasteiger charge is -2.10. The zero-order chi connectivity index (χ0) is 15.4. The molecule has 0 saturated heterocycles. The Morgan fingerprint density at radius 2 is 2.00 bits per heavy atom. The minimum Gasteiger partial charge on any atom is -0.491 e. The van der Waals surface area contributed by atoms with Crippen molar-refractivity contribution in [2.45, 2.75) is 33.4 Å². The highest BCUT2D eigenvalue weighted by Crippen LogP contribution is 2.21. The largest absolute Gasteiger partial charge is 0.491 e. The summed E-state index contributed by atoms with van der Waals surface area (Å²) in [7, 11) is 0. The number of ether oxygens (including phenoxy) is 1. The summed E-state index contributed by atoms with van der Waals surface area (Å²) in [6.07, 6.45) is 0.112. The molecule has 2 aromatic rings. The van der Waals surface area contributed by atoms with Crippen LogP contribution in [0.2, 0.25) is 0 Å². The number of hydrogen-bond acceptors (Lipinski definition) is 4. The van der Waals surface area contributed by atoms with Crippen LogP contribution in [0.1, 0.15) is 26.3 Å². The van der Waals surface area contributed by atoms with Gasteiger partial charge in [0.1, 0.15) is 17.4 Å². The van der Waals surface area contributed by atoms with Crippen LogP contribution in [0.15, 0.2) is 35.1 Å². The molecule has 0 radical (unpaired) electrons. The van der Waals surface area contributed by atoms with Crippen molar-refractivity contribution < 1.29 is 4.74 Å². The van der Waals surface area contributed by atoms with E-state index in [1.165, 1.54) is 10.7 Å². The van der Waals surface area contributed by atoms with E-state index in [9.17, 15) is 4.79 Å². The topological polar surface area (TPSA) is 67.9 Å². The number of benzene rings is 1. The first-order valence-corrected chi connectivity index (χ1v) is 6.84. The van der Waals surface area contributed by atoms with Crippen molar-refractivity contribution >= 4 is 0 Å². The van der Waals surface area contributed by atoms with Gasteiger partial charge in [0, 0.05) is 12.1 Å². The monoisotopic (exact) mass is 283 g/mol. The van der Waals surface area contributed by atoms with Crippen LogP contribution >= 0.6 is 0 Å². The fourth-order valence-electron chi connectivity index (χ4n) is 1.95. The summed E-state index contributed by atoms with van der Waals surface area (Å²) in [5, 5.41) is 13.3. The quantitative estimate of drug-likeness (QED) is 0.865. The Morgan fingerprint density at radius 1 is 1.33 bits per heavy atom. The number of rotatable bonds is 4. The standard InChI is InChI=1S/C16H17N3O2/c1-4-19-16(20)13(10-17)9-15(18-19)12-5-7-14(8-6-12)21-11(2)3/h5-9,11H,4H2,1-3H3. The first kappa shape index (κ1) is 14.8. The fourth-order valence-corrected chi connectivity index (χ4v) is 1.95. The van der Waals surface area contributed by atoms with Gasteiger partial charge in [-0.3, -0.25) is 4.79 Å². The Labute approximate surface area is 123 Å². The molecule has 0 atom stereocenters. The van der Waals surface area contributed by atoms with Crippen LogP contribution in [0.4, 0.5) is 0 Å². The number of nitriles is 1. The van der Waals surface area contributed by atoms with E-state index in [-0.39, 0.29) is 17.2 Å². The van der Waals surface area contributed by atoms with Gasteiger partial charge in [-0.05, 0) is 51.1 Å². The van der Waals surface area contributed by atoms with E-state index in [0.717, 1.165) is 11.3 Å². The van der Waals surface area contributed by atoms with Crippen LogP contribution in [0.3, 0.4) is 0 Å². The second kappa shape index (κ2) is 6.23. The van der Waals surface area contributed by atoms with Gasteiger partial charge in [-0.1, -0.05) is 0 Å². The summed E-state index contributed by atoms with van der Waals surface area (Å²) < 4.78 is 6.88. The molecule has 0 aliphatic carbocycles. The van der Waals surface area contributed by atoms with Gasteiger partial charge in [0.25, 0.3) is 5.56 Å². The van der Waals surface area contributed by atoms with Crippen molar-refractivity contribution in [2.24, 2.45) is 0 Å². The Kier molecular flexibility index (Phi) is 4.39. The number of aromatic nitrogens is 2. The van der Waals surface area contributed by atoms with Crippen LogP contribution in [0.5, 0.6) is 5.75 Å². The number of aryl methyl sites for hydroxylation is 1. The molecule has 108 valence electrons. The van der Waals surface area contributed by atoms with Crippen molar-refractivity contribution in [3.05, 3.63) is 46.2 Å². The minimum absolute atomic E-state index is 0.101. The number of nitrogens with zero attached hydrogens (tertiary/aromatic N) is 3. The molecule has 0 spiro atoms. The molecule has 0 N–H and O–H groups in total.